The second-order valence-corrected chi connectivity index (χ2v) is 4.33. The Kier molecular flexibility index (Phi) is 5.16. The van der Waals surface area contributed by atoms with Gasteiger partial charge in [0.15, 0.2) is 18.1 Å². The molecule has 3 N–H and O–H groups in total. The van der Waals surface area contributed by atoms with Crippen molar-refractivity contribution in [1.82, 2.24) is 5.32 Å². The van der Waals surface area contributed by atoms with Crippen LogP contribution >= 0.6 is 0 Å². The van der Waals surface area contributed by atoms with Crippen LogP contribution in [-0.2, 0) is 4.79 Å². The van der Waals surface area contributed by atoms with E-state index in [2.05, 4.69) is 10.3 Å². The summed E-state index contributed by atoms with van der Waals surface area (Å²) in [6, 6.07) is 5.22. The van der Waals surface area contributed by atoms with Gasteiger partial charge in [-0.25, -0.2) is 9.79 Å². The second kappa shape index (κ2) is 7.28. The molecule has 2 rings (SSSR count). The van der Waals surface area contributed by atoms with E-state index in [4.69, 9.17) is 14.6 Å². The Bertz CT molecular complexity index is 637. The number of hydrogen-bond acceptors (Lipinski definition) is 6. The van der Waals surface area contributed by atoms with E-state index in [0.29, 0.717) is 22.8 Å². The zero-order valence-electron chi connectivity index (χ0n) is 11.9. The van der Waals surface area contributed by atoms with Crippen molar-refractivity contribution in [2.24, 2.45) is 4.99 Å². The zero-order chi connectivity index (χ0) is 15.9. The normalized spacial score (nSPS) is 17.0. The van der Waals surface area contributed by atoms with Crippen LogP contribution in [0.4, 0.5) is 0 Å². The van der Waals surface area contributed by atoms with Gasteiger partial charge < -0.3 is 25.0 Å². The van der Waals surface area contributed by atoms with Crippen molar-refractivity contribution in [1.29, 1.82) is 0 Å². The van der Waals surface area contributed by atoms with Gasteiger partial charge in [-0.15, -0.1) is 0 Å². The molecule has 0 saturated carbocycles. The number of aliphatic imine (C=N–C) groups is 1. The monoisotopic (exact) mass is 304 g/mol. The average Bonchev–Trinajstić information content (AvgIpc) is 2.51. The van der Waals surface area contributed by atoms with E-state index in [1.807, 2.05) is 0 Å². The first-order valence-corrected chi connectivity index (χ1v) is 6.48. The number of carboxylic acids is 1. The van der Waals surface area contributed by atoms with Crippen molar-refractivity contribution in [3.63, 3.8) is 0 Å². The predicted octanol–water partition coefficient (Wildman–Crippen LogP) is 1.01. The van der Waals surface area contributed by atoms with E-state index in [1.54, 1.807) is 36.4 Å². The third kappa shape index (κ3) is 4.10. The third-order valence-corrected chi connectivity index (χ3v) is 2.79. The average molecular weight is 304 g/mol. The van der Waals surface area contributed by atoms with Crippen LogP contribution in [0.3, 0.4) is 0 Å². The summed E-state index contributed by atoms with van der Waals surface area (Å²) in [7, 11) is 1.48. The highest BCUT2D eigenvalue weighted by Gasteiger charge is 2.11. The van der Waals surface area contributed by atoms with E-state index in [0.717, 1.165) is 0 Å². The Labute approximate surface area is 127 Å². The van der Waals surface area contributed by atoms with Gasteiger partial charge in [-0.2, -0.15) is 0 Å². The van der Waals surface area contributed by atoms with E-state index < -0.39 is 18.9 Å². The van der Waals surface area contributed by atoms with E-state index in [-0.39, 0.29) is 0 Å². The van der Waals surface area contributed by atoms with Crippen molar-refractivity contribution < 1.29 is 24.5 Å². The van der Waals surface area contributed by atoms with Crippen LogP contribution in [0.1, 0.15) is 5.56 Å². The van der Waals surface area contributed by atoms with Gasteiger partial charge in [0.1, 0.15) is 0 Å². The minimum absolute atomic E-state index is 0.342. The number of nitrogens with zero attached hydrogens (tertiary/aromatic N) is 1. The molecule has 0 bridgehead atoms. The number of allylic oxidation sites excluding steroid dienone is 2. The lowest BCUT2D eigenvalue weighted by Crippen LogP contribution is -2.27. The molecule has 1 heterocycles. The molecule has 1 aliphatic rings. The second-order valence-electron chi connectivity index (χ2n) is 4.33. The van der Waals surface area contributed by atoms with Gasteiger partial charge in [0.2, 0.25) is 6.35 Å². The molecule has 1 unspecified atom stereocenters. The molecular weight excluding hydrogens is 288 g/mol. The Morgan fingerprint density at radius 2 is 2.27 bits per heavy atom. The third-order valence-electron chi connectivity index (χ3n) is 2.79. The highest BCUT2D eigenvalue weighted by molar-refractivity contribution is 5.75. The smallest absolute Gasteiger partial charge is 0.341 e. The molecule has 1 aromatic carbocycles. The van der Waals surface area contributed by atoms with Gasteiger partial charge in [-0.1, -0.05) is 12.1 Å². The fourth-order valence-corrected chi connectivity index (χ4v) is 1.84. The molecule has 0 amide bonds. The number of rotatable bonds is 6. The zero-order valence-corrected chi connectivity index (χ0v) is 11.9. The summed E-state index contributed by atoms with van der Waals surface area (Å²) >= 11 is 0. The van der Waals surface area contributed by atoms with Crippen LogP contribution in [0.5, 0.6) is 11.5 Å². The van der Waals surface area contributed by atoms with E-state index in [9.17, 15) is 9.90 Å². The van der Waals surface area contributed by atoms with Gasteiger partial charge in [-0.05, 0) is 24.3 Å². The van der Waals surface area contributed by atoms with Crippen molar-refractivity contribution >= 4 is 18.3 Å². The first kappa shape index (κ1) is 15.6. The highest BCUT2D eigenvalue weighted by Crippen LogP contribution is 2.32. The number of aliphatic carboxylic acids is 1. The standard InChI is InChI=1S/C15H16N2O5/c1-21-12-4-2-3-10(14(12)22-9-13(18)19)5-6-11-7-8-16-15(20)17-11/h2-8,15,17,20H,9H2,1H3,(H,18,19)/b6-5+. The largest absolute Gasteiger partial charge is 0.493 e. The Hall–Kier alpha value is -2.80. The molecule has 0 aliphatic carbocycles. The van der Waals surface area contributed by atoms with Crippen LogP contribution < -0.4 is 14.8 Å². The quantitative estimate of drug-likeness (QED) is 0.725. The molecule has 0 saturated heterocycles. The molecule has 1 aliphatic heterocycles. The summed E-state index contributed by atoms with van der Waals surface area (Å²) in [6.07, 6.45) is 5.66. The maximum absolute atomic E-state index is 10.7. The molecule has 0 fully saturated rings. The molecule has 116 valence electrons. The minimum Gasteiger partial charge on any atom is -0.493 e. The van der Waals surface area contributed by atoms with Gasteiger partial charge in [0.25, 0.3) is 0 Å². The topological polar surface area (TPSA) is 100 Å². The highest BCUT2D eigenvalue weighted by atomic mass is 16.5. The van der Waals surface area contributed by atoms with Gasteiger partial charge in [0, 0.05) is 17.5 Å². The number of ether oxygens (including phenoxy) is 2. The van der Waals surface area contributed by atoms with Crippen LogP contribution in [0, 0.1) is 0 Å². The molecule has 0 spiro atoms. The van der Waals surface area contributed by atoms with E-state index >= 15 is 0 Å². The Morgan fingerprint density at radius 1 is 1.45 bits per heavy atom. The number of aliphatic hydroxyl groups excluding tert-OH is 1. The van der Waals surface area contributed by atoms with Crippen LogP contribution in [0.25, 0.3) is 6.08 Å². The predicted molar refractivity (Wildman–Crippen MR) is 80.9 cm³/mol. The summed E-state index contributed by atoms with van der Waals surface area (Å²) in [5.74, 6) is -0.290. The molecule has 1 atom stereocenters. The number of carbonyl (C=O) groups is 1. The van der Waals surface area contributed by atoms with Gasteiger partial charge in [0.05, 0.1) is 7.11 Å². The van der Waals surface area contributed by atoms with Crippen molar-refractivity contribution in [3.05, 3.63) is 41.6 Å². The molecule has 7 heteroatoms. The molecule has 0 radical (unpaired) electrons. The summed E-state index contributed by atoms with van der Waals surface area (Å²) in [4.78, 5) is 14.4. The number of aliphatic hydroxyl groups is 1. The Morgan fingerprint density at radius 3 is 2.95 bits per heavy atom. The summed E-state index contributed by atoms with van der Waals surface area (Å²) in [5, 5.41) is 20.9. The fourth-order valence-electron chi connectivity index (χ4n) is 1.84. The van der Waals surface area contributed by atoms with E-state index in [1.165, 1.54) is 13.3 Å². The van der Waals surface area contributed by atoms with Gasteiger partial charge >= 0.3 is 5.97 Å². The number of carboxylic acid groups (broad SMARTS) is 1. The SMILES string of the molecule is COc1cccc(/C=C/C2=CC=NC(O)N2)c1OCC(=O)O. The molecule has 0 aromatic heterocycles. The summed E-state index contributed by atoms with van der Waals surface area (Å²) < 4.78 is 10.5. The number of methoxy groups -OCH3 is 1. The first-order chi connectivity index (χ1) is 10.6. The van der Waals surface area contributed by atoms with Crippen LogP contribution in [0.15, 0.2) is 41.0 Å². The maximum atomic E-state index is 10.7. The van der Waals surface area contributed by atoms with Crippen LogP contribution in [-0.4, -0.2) is 42.5 Å². The lowest BCUT2D eigenvalue weighted by molar-refractivity contribution is -0.139. The molecule has 7 nitrogen and oxygen atoms in total. The maximum Gasteiger partial charge on any atom is 0.341 e. The molecular formula is C15H16N2O5. The fraction of sp³-hybridized carbons (Fsp3) is 0.200. The first-order valence-electron chi connectivity index (χ1n) is 6.48. The van der Waals surface area contributed by atoms with Crippen molar-refractivity contribution in [2.45, 2.75) is 6.35 Å². The summed E-state index contributed by atoms with van der Waals surface area (Å²) in [5.41, 5.74) is 1.31. The number of benzene rings is 1. The number of nitrogens with one attached hydrogen (secondary N) is 1. The molecule has 1 aromatic rings. The van der Waals surface area contributed by atoms with Gasteiger partial charge in [-0.3, -0.25) is 0 Å². The lowest BCUT2D eigenvalue weighted by Gasteiger charge is -2.14. The minimum atomic E-state index is -1.07. The number of para-hydroxylation sites is 1. The lowest BCUT2D eigenvalue weighted by atomic mass is 10.1. The van der Waals surface area contributed by atoms with Crippen molar-refractivity contribution in [2.75, 3.05) is 13.7 Å². The van der Waals surface area contributed by atoms with Crippen LogP contribution in [0.2, 0.25) is 0 Å². The summed E-state index contributed by atoms with van der Waals surface area (Å²) in [6.45, 7) is -0.465. The molecule has 22 heavy (non-hydrogen) atoms. The Balaban J connectivity index is 2.24. The van der Waals surface area contributed by atoms with Crippen molar-refractivity contribution in [3.8, 4) is 11.5 Å². The number of hydrogen-bond donors (Lipinski definition) is 3.